The first-order chi connectivity index (χ1) is 8.72. The molecule has 0 aromatic heterocycles. The number of para-hydroxylation sites is 1. The van der Waals surface area contributed by atoms with Gasteiger partial charge in [-0.05, 0) is 30.4 Å². The minimum atomic E-state index is 0.288. The maximum Gasteiger partial charge on any atom is 0.139 e. The van der Waals surface area contributed by atoms with Crippen LogP contribution in [0.3, 0.4) is 0 Å². The zero-order chi connectivity index (χ0) is 13.4. The summed E-state index contributed by atoms with van der Waals surface area (Å²) < 4.78 is 0. The SMILES string of the molecule is CCc1cccc(CC)c1NCCCC(N)=NO. The molecule has 0 spiro atoms. The van der Waals surface area contributed by atoms with Crippen LogP contribution < -0.4 is 11.1 Å². The number of aryl methyl sites for hydroxylation is 2. The number of nitrogens with one attached hydrogen (secondary N) is 1. The Kier molecular flexibility index (Phi) is 6.05. The second-order valence-corrected chi connectivity index (χ2v) is 4.28. The highest BCUT2D eigenvalue weighted by molar-refractivity contribution is 5.79. The molecule has 1 aromatic carbocycles. The van der Waals surface area contributed by atoms with Crippen molar-refractivity contribution in [2.24, 2.45) is 10.9 Å². The van der Waals surface area contributed by atoms with Gasteiger partial charge in [-0.3, -0.25) is 0 Å². The molecule has 18 heavy (non-hydrogen) atoms. The second kappa shape index (κ2) is 7.58. The number of nitrogens with two attached hydrogens (primary N) is 1. The lowest BCUT2D eigenvalue weighted by Gasteiger charge is -2.15. The van der Waals surface area contributed by atoms with E-state index in [4.69, 9.17) is 10.9 Å². The first-order valence-electron chi connectivity index (χ1n) is 6.53. The molecule has 0 heterocycles. The molecule has 0 aliphatic carbocycles. The highest BCUT2D eigenvalue weighted by atomic mass is 16.4. The van der Waals surface area contributed by atoms with Crippen molar-refractivity contribution < 1.29 is 5.21 Å². The van der Waals surface area contributed by atoms with Crippen LogP contribution in [0.5, 0.6) is 0 Å². The molecule has 4 nitrogen and oxygen atoms in total. The molecule has 4 heteroatoms. The van der Waals surface area contributed by atoms with E-state index >= 15 is 0 Å². The average molecular weight is 249 g/mol. The lowest BCUT2D eigenvalue weighted by Crippen LogP contribution is -2.14. The van der Waals surface area contributed by atoms with Crippen LogP contribution in [0.2, 0.25) is 0 Å². The maximum absolute atomic E-state index is 8.46. The first-order valence-corrected chi connectivity index (χ1v) is 6.53. The van der Waals surface area contributed by atoms with E-state index in [9.17, 15) is 0 Å². The number of nitrogens with zero attached hydrogens (tertiary/aromatic N) is 1. The molecule has 0 atom stereocenters. The van der Waals surface area contributed by atoms with Crippen molar-refractivity contribution >= 4 is 11.5 Å². The quantitative estimate of drug-likeness (QED) is 0.229. The Morgan fingerprint density at radius 2 is 1.89 bits per heavy atom. The minimum Gasteiger partial charge on any atom is -0.409 e. The lowest BCUT2D eigenvalue weighted by molar-refractivity contribution is 0.316. The van der Waals surface area contributed by atoms with Crippen molar-refractivity contribution in [3.8, 4) is 0 Å². The summed E-state index contributed by atoms with van der Waals surface area (Å²) in [5.74, 6) is 0.288. The van der Waals surface area contributed by atoms with Crippen LogP contribution in [0.4, 0.5) is 5.69 Å². The second-order valence-electron chi connectivity index (χ2n) is 4.28. The van der Waals surface area contributed by atoms with Crippen molar-refractivity contribution in [2.75, 3.05) is 11.9 Å². The van der Waals surface area contributed by atoms with Crippen molar-refractivity contribution in [1.82, 2.24) is 0 Å². The summed E-state index contributed by atoms with van der Waals surface area (Å²) in [5, 5.41) is 14.9. The third-order valence-electron chi connectivity index (χ3n) is 3.04. The summed E-state index contributed by atoms with van der Waals surface area (Å²) >= 11 is 0. The van der Waals surface area contributed by atoms with E-state index in [0.717, 1.165) is 25.8 Å². The van der Waals surface area contributed by atoms with Gasteiger partial charge in [-0.15, -0.1) is 0 Å². The highest BCUT2D eigenvalue weighted by Gasteiger charge is 2.05. The van der Waals surface area contributed by atoms with Crippen LogP contribution >= 0.6 is 0 Å². The first kappa shape index (κ1) is 14.4. The fourth-order valence-corrected chi connectivity index (χ4v) is 2.00. The molecule has 1 rings (SSSR count). The molecule has 0 unspecified atom stereocenters. The standard InChI is InChI=1S/C14H23N3O/c1-3-11-7-5-8-12(4-2)14(11)16-10-6-9-13(15)17-18/h5,7-8,16,18H,3-4,6,9-10H2,1-2H3,(H2,15,17). The molecule has 0 aliphatic heterocycles. The van der Waals surface area contributed by atoms with Crippen LogP contribution in [-0.4, -0.2) is 17.6 Å². The monoisotopic (exact) mass is 249 g/mol. The Balaban J connectivity index is 2.60. The molecule has 0 amide bonds. The van der Waals surface area contributed by atoms with Crippen molar-refractivity contribution in [1.29, 1.82) is 0 Å². The number of hydrogen-bond donors (Lipinski definition) is 3. The number of hydrogen-bond acceptors (Lipinski definition) is 3. The summed E-state index contributed by atoms with van der Waals surface area (Å²) in [6, 6.07) is 6.43. The molecule has 0 bridgehead atoms. The molecular formula is C14H23N3O. The summed E-state index contributed by atoms with van der Waals surface area (Å²) in [4.78, 5) is 0. The van der Waals surface area contributed by atoms with E-state index < -0.39 is 0 Å². The number of anilines is 1. The average Bonchev–Trinajstić information content (AvgIpc) is 2.42. The Bertz CT molecular complexity index is 380. The van der Waals surface area contributed by atoms with Gasteiger partial charge >= 0.3 is 0 Å². The predicted octanol–water partition coefficient (Wildman–Crippen LogP) is 2.75. The normalized spacial score (nSPS) is 11.6. The van der Waals surface area contributed by atoms with E-state index in [-0.39, 0.29) is 5.84 Å². The van der Waals surface area contributed by atoms with Crippen molar-refractivity contribution in [2.45, 2.75) is 39.5 Å². The number of benzene rings is 1. The number of oxime groups is 1. The van der Waals surface area contributed by atoms with Gasteiger partial charge in [0, 0.05) is 18.7 Å². The van der Waals surface area contributed by atoms with Gasteiger partial charge in [0.1, 0.15) is 5.84 Å². The highest BCUT2D eigenvalue weighted by Crippen LogP contribution is 2.22. The van der Waals surface area contributed by atoms with Crippen LogP contribution in [0.25, 0.3) is 0 Å². The molecule has 0 saturated heterocycles. The van der Waals surface area contributed by atoms with Gasteiger partial charge in [0.05, 0.1) is 0 Å². The van der Waals surface area contributed by atoms with Gasteiger partial charge in [0.2, 0.25) is 0 Å². The van der Waals surface area contributed by atoms with Crippen LogP contribution in [-0.2, 0) is 12.8 Å². The topological polar surface area (TPSA) is 70.6 Å². The third-order valence-corrected chi connectivity index (χ3v) is 3.04. The smallest absolute Gasteiger partial charge is 0.139 e. The zero-order valence-electron chi connectivity index (χ0n) is 11.2. The van der Waals surface area contributed by atoms with Gasteiger partial charge in [0.15, 0.2) is 0 Å². The molecule has 1 aromatic rings. The van der Waals surface area contributed by atoms with Gasteiger partial charge < -0.3 is 16.3 Å². The molecule has 0 radical (unpaired) electrons. The Morgan fingerprint density at radius 3 is 2.39 bits per heavy atom. The van der Waals surface area contributed by atoms with Crippen LogP contribution in [0, 0.1) is 0 Å². The molecule has 100 valence electrons. The van der Waals surface area contributed by atoms with Gasteiger partial charge in [-0.25, -0.2) is 0 Å². The number of rotatable bonds is 7. The van der Waals surface area contributed by atoms with Crippen molar-refractivity contribution in [3.05, 3.63) is 29.3 Å². The van der Waals surface area contributed by atoms with Crippen LogP contribution in [0.1, 0.15) is 37.8 Å². The number of amidine groups is 1. The van der Waals surface area contributed by atoms with Crippen LogP contribution in [0.15, 0.2) is 23.4 Å². The third kappa shape index (κ3) is 3.95. The van der Waals surface area contributed by atoms with Crippen molar-refractivity contribution in [3.63, 3.8) is 0 Å². The van der Waals surface area contributed by atoms with E-state index in [1.165, 1.54) is 16.8 Å². The van der Waals surface area contributed by atoms with Gasteiger partial charge in [-0.1, -0.05) is 37.2 Å². The molecule has 4 N–H and O–H groups in total. The Morgan fingerprint density at radius 1 is 1.28 bits per heavy atom. The van der Waals surface area contributed by atoms with E-state index in [0.29, 0.717) is 6.42 Å². The lowest BCUT2D eigenvalue weighted by atomic mass is 10.0. The summed E-state index contributed by atoms with van der Waals surface area (Å²) in [7, 11) is 0. The molecule has 0 saturated carbocycles. The predicted molar refractivity (Wildman–Crippen MR) is 76.3 cm³/mol. The summed E-state index contributed by atoms with van der Waals surface area (Å²) in [6.45, 7) is 5.16. The Labute approximate surface area is 109 Å². The fraction of sp³-hybridized carbons (Fsp3) is 0.500. The van der Waals surface area contributed by atoms with Gasteiger partial charge in [-0.2, -0.15) is 0 Å². The molecule has 0 fully saturated rings. The zero-order valence-corrected chi connectivity index (χ0v) is 11.2. The minimum absolute atomic E-state index is 0.288. The van der Waals surface area contributed by atoms with E-state index in [2.05, 4.69) is 42.5 Å². The Hall–Kier alpha value is -1.71. The molecular weight excluding hydrogens is 226 g/mol. The maximum atomic E-state index is 8.46. The molecule has 0 aliphatic rings. The van der Waals surface area contributed by atoms with E-state index in [1.807, 2.05) is 0 Å². The fourth-order valence-electron chi connectivity index (χ4n) is 2.00. The largest absolute Gasteiger partial charge is 0.409 e. The van der Waals surface area contributed by atoms with Gasteiger partial charge in [0.25, 0.3) is 0 Å². The van der Waals surface area contributed by atoms with E-state index in [1.54, 1.807) is 0 Å². The summed E-state index contributed by atoms with van der Waals surface area (Å²) in [5.41, 5.74) is 9.38. The summed E-state index contributed by atoms with van der Waals surface area (Å²) in [6.07, 6.45) is 3.52.